The second kappa shape index (κ2) is 6.56. The van der Waals surface area contributed by atoms with Crippen LogP contribution in [0.2, 0.25) is 0 Å². The quantitative estimate of drug-likeness (QED) is 0.747. The lowest BCUT2D eigenvalue weighted by molar-refractivity contribution is 0.232. The first-order valence-electron chi connectivity index (χ1n) is 6.59. The summed E-state index contributed by atoms with van der Waals surface area (Å²) < 4.78 is 0. The molecule has 0 radical (unpaired) electrons. The van der Waals surface area contributed by atoms with E-state index in [0.29, 0.717) is 6.61 Å². The van der Waals surface area contributed by atoms with Crippen LogP contribution >= 0.6 is 0 Å². The van der Waals surface area contributed by atoms with E-state index >= 15 is 0 Å². The highest BCUT2D eigenvalue weighted by atomic mass is 16.2. The normalized spacial score (nSPS) is 17.1. The van der Waals surface area contributed by atoms with Gasteiger partial charge in [-0.2, -0.15) is 0 Å². The molecular weight excluding hydrogens is 228 g/mol. The fraction of sp³-hybridized carbons (Fsp3) is 0.615. The average Bonchev–Trinajstić information content (AvgIpc) is 2.41. The summed E-state index contributed by atoms with van der Waals surface area (Å²) in [6.45, 7) is 5.52. The molecule has 1 saturated heterocycles. The fourth-order valence-electron chi connectivity index (χ4n) is 2.35. The van der Waals surface area contributed by atoms with E-state index in [9.17, 15) is 0 Å². The van der Waals surface area contributed by atoms with Crippen molar-refractivity contribution >= 4 is 11.4 Å². The molecule has 1 aromatic heterocycles. The third-order valence-electron chi connectivity index (χ3n) is 3.42. The van der Waals surface area contributed by atoms with E-state index in [1.807, 2.05) is 6.07 Å². The summed E-state index contributed by atoms with van der Waals surface area (Å²) >= 11 is 0. The number of aliphatic hydroxyl groups is 1. The van der Waals surface area contributed by atoms with Crippen molar-refractivity contribution in [2.24, 2.45) is 0 Å². The number of nitrogen functional groups attached to an aromatic ring is 1. The summed E-state index contributed by atoms with van der Waals surface area (Å²) in [5.41, 5.74) is 7.79. The maximum Gasteiger partial charge on any atom is 0.0738 e. The number of anilines is 2. The highest BCUT2D eigenvalue weighted by molar-refractivity contribution is 5.66. The molecule has 0 unspecified atom stereocenters. The van der Waals surface area contributed by atoms with Crippen LogP contribution in [0.4, 0.5) is 11.4 Å². The zero-order valence-electron chi connectivity index (χ0n) is 10.8. The largest absolute Gasteiger partial charge is 0.396 e. The molecule has 0 aromatic carbocycles. The number of nitrogens with zero attached hydrogens (tertiary/aromatic N) is 3. The SMILES string of the molecule is Nc1cnccc1N1CCN(CCCCO)CC1. The Bertz CT molecular complexity index is 364. The molecular formula is C13H22N4O. The van der Waals surface area contributed by atoms with Crippen molar-refractivity contribution in [1.82, 2.24) is 9.88 Å². The summed E-state index contributed by atoms with van der Waals surface area (Å²) in [6, 6.07) is 1.98. The van der Waals surface area contributed by atoms with Crippen LogP contribution < -0.4 is 10.6 Å². The number of hydrogen-bond donors (Lipinski definition) is 2. The van der Waals surface area contributed by atoms with Crippen LogP contribution in [0.5, 0.6) is 0 Å². The van der Waals surface area contributed by atoms with Crippen LogP contribution in [-0.4, -0.2) is 54.3 Å². The Hall–Kier alpha value is -1.33. The van der Waals surface area contributed by atoms with Crippen LogP contribution in [0.1, 0.15) is 12.8 Å². The van der Waals surface area contributed by atoms with Gasteiger partial charge in [-0.15, -0.1) is 0 Å². The minimum Gasteiger partial charge on any atom is -0.396 e. The van der Waals surface area contributed by atoms with Gasteiger partial charge in [0.1, 0.15) is 0 Å². The molecule has 0 spiro atoms. The summed E-state index contributed by atoms with van der Waals surface area (Å²) in [5, 5.41) is 8.77. The van der Waals surface area contributed by atoms with Gasteiger partial charge in [0.15, 0.2) is 0 Å². The molecule has 1 aliphatic rings. The maximum atomic E-state index is 8.77. The van der Waals surface area contributed by atoms with Crippen molar-refractivity contribution in [1.29, 1.82) is 0 Å². The van der Waals surface area contributed by atoms with Gasteiger partial charge in [-0.25, -0.2) is 0 Å². The molecule has 0 aliphatic carbocycles. The molecule has 0 atom stereocenters. The molecule has 2 rings (SSSR count). The first kappa shape index (κ1) is 13.1. The lowest BCUT2D eigenvalue weighted by Gasteiger charge is -2.36. The summed E-state index contributed by atoms with van der Waals surface area (Å²) in [6.07, 6.45) is 5.48. The minimum absolute atomic E-state index is 0.299. The smallest absolute Gasteiger partial charge is 0.0738 e. The number of aliphatic hydroxyl groups excluding tert-OH is 1. The predicted octanol–water partition coefficient (Wildman–Crippen LogP) is 0.558. The third-order valence-corrected chi connectivity index (χ3v) is 3.42. The molecule has 5 nitrogen and oxygen atoms in total. The Labute approximate surface area is 108 Å². The maximum absolute atomic E-state index is 8.77. The van der Waals surface area contributed by atoms with E-state index in [4.69, 9.17) is 10.8 Å². The Morgan fingerprint density at radius 2 is 2.00 bits per heavy atom. The van der Waals surface area contributed by atoms with Crippen molar-refractivity contribution in [3.63, 3.8) is 0 Å². The minimum atomic E-state index is 0.299. The Morgan fingerprint density at radius 3 is 2.67 bits per heavy atom. The molecule has 1 aliphatic heterocycles. The molecule has 5 heteroatoms. The van der Waals surface area contributed by atoms with E-state index in [1.165, 1.54) is 0 Å². The molecule has 0 saturated carbocycles. The molecule has 0 amide bonds. The standard InChI is InChI=1S/C13H22N4O/c14-12-11-15-4-3-13(12)17-8-6-16(7-9-17)5-1-2-10-18/h3-4,11,18H,1-2,5-10,14H2. The molecule has 18 heavy (non-hydrogen) atoms. The van der Waals surface area contributed by atoms with E-state index in [1.54, 1.807) is 12.4 Å². The van der Waals surface area contributed by atoms with Gasteiger partial charge in [0.2, 0.25) is 0 Å². The molecule has 3 N–H and O–H groups in total. The summed E-state index contributed by atoms with van der Waals surface area (Å²) in [5.74, 6) is 0. The van der Waals surface area contributed by atoms with Crippen LogP contribution in [0.25, 0.3) is 0 Å². The van der Waals surface area contributed by atoms with Crippen molar-refractivity contribution in [3.05, 3.63) is 18.5 Å². The first-order chi connectivity index (χ1) is 8.81. The van der Waals surface area contributed by atoms with Crippen LogP contribution in [0, 0.1) is 0 Å². The van der Waals surface area contributed by atoms with Crippen molar-refractivity contribution in [3.8, 4) is 0 Å². The van der Waals surface area contributed by atoms with E-state index in [-0.39, 0.29) is 0 Å². The van der Waals surface area contributed by atoms with Crippen LogP contribution in [-0.2, 0) is 0 Å². The highest BCUT2D eigenvalue weighted by Gasteiger charge is 2.17. The van der Waals surface area contributed by atoms with Crippen molar-refractivity contribution in [2.45, 2.75) is 12.8 Å². The number of piperazine rings is 1. The van der Waals surface area contributed by atoms with E-state index < -0.39 is 0 Å². The second-order valence-corrected chi connectivity index (χ2v) is 4.69. The van der Waals surface area contributed by atoms with Gasteiger partial charge in [0, 0.05) is 39.0 Å². The lowest BCUT2D eigenvalue weighted by Crippen LogP contribution is -2.46. The second-order valence-electron chi connectivity index (χ2n) is 4.69. The third kappa shape index (κ3) is 3.34. The van der Waals surface area contributed by atoms with Gasteiger partial charge in [-0.05, 0) is 25.5 Å². The average molecular weight is 250 g/mol. The molecule has 100 valence electrons. The summed E-state index contributed by atoms with van der Waals surface area (Å²) in [7, 11) is 0. The van der Waals surface area contributed by atoms with E-state index in [2.05, 4.69) is 14.8 Å². The Kier molecular flexibility index (Phi) is 4.78. The van der Waals surface area contributed by atoms with Crippen LogP contribution in [0.3, 0.4) is 0 Å². The van der Waals surface area contributed by atoms with Gasteiger partial charge < -0.3 is 15.7 Å². The fourth-order valence-corrected chi connectivity index (χ4v) is 2.35. The van der Waals surface area contributed by atoms with Crippen molar-refractivity contribution in [2.75, 3.05) is 50.0 Å². The first-order valence-corrected chi connectivity index (χ1v) is 6.59. The Morgan fingerprint density at radius 1 is 1.22 bits per heavy atom. The monoisotopic (exact) mass is 250 g/mol. The molecule has 0 bridgehead atoms. The lowest BCUT2D eigenvalue weighted by atomic mass is 10.2. The van der Waals surface area contributed by atoms with E-state index in [0.717, 1.165) is 56.9 Å². The Balaban J connectivity index is 1.81. The number of hydrogen-bond acceptors (Lipinski definition) is 5. The van der Waals surface area contributed by atoms with Crippen LogP contribution in [0.15, 0.2) is 18.5 Å². The van der Waals surface area contributed by atoms with Gasteiger partial charge in [-0.3, -0.25) is 9.88 Å². The van der Waals surface area contributed by atoms with Gasteiger partial charge in [0.05, 0.1) is 17.6 Å². The number of unbranched alkanes of at least 4 members (excludes halogenated alkanes) is 1. The van der Waals surface area contributed by atoms with Crippen molar-refractivity contribution < 1.29 is 5.11 Å². The molecule has 2 heterocycles. The highest BCUT2D eigenvalue weighted by Crippen LogP contribution is 2.22. The molecule has 1 aromatic rings. The number of pyridine rings is 1. The number of nitrogens with two attached hydrogens (primary N) is 1. The van der Waals surface area contributed by atoms with Gasteiger partial charge in [-0.1, -0.05) is 0 Å². The molecule has 1 fully saturated rings. The zero-order valence-corrected chi connectivity index (χ0v) is 10.8. The number of rotatable bonds is 5. The van der Waals surface area contributed by atoms with Gasteiger partial charge in [0.25, 0.3) is 0 Å². The number of aromatic nitrogens is 1. The predicted molar refractivity (Wildman–Crippen MR) is 73.6 cm³/mol. The zero-order chi connectivity index (χ0) is 12.8. The summed E-state index contributed by atoms with van der Waals surface area (Å²) in [4.78, 5) is 8.79. The van der Waals surface area contributed by atoms with Gasteiger partial charge >= 0.3 is 0 Å². The topological polar surface area (TPSA) is 65.6 Å².